The molecule has 9 heteroatoms. The smallest absolute Gasteiger partial charge is 0.407 e. The summed E-state index contributed by atoms with van der Waals surface area (Å²) in [7, 11) is 0. The van der Waals surface area contributed by atoms with Crippen molar-refractivity contribution in [1.82, 2.24) is 15.1 Å². The van der Waals surface area contributed by atoms with E-state index in [4.69, 9.17) is 19.1 Å². The summed E-state index contributed by atoms with van der Waals surface area (Å²) < 4.78 is 11.9. The number of carboxylic acid groups (broad SMARTS) is 1. The van der Waals surface area contributed by atoms with Crippen molar-refractivity contribution in [3.63, 3.8) is 0 Å². The molecular formula is C24H28N4O5. The van der Waals surface area contributed by atoms with Crippen LogP contribution in [-0.4, -0.2) is 51.2 Å². The molecule has 0 atom stereocenters. The molecule has 0 spiro atoms. The largest absolute Gasteiger partial charge is 0.473 e. The molecule has 174 valence electrons. The third-order valence-electron chi connectivity index (χ3n) is 5.67. The molecule has 1 fully saturated rings. The van der Waals surface area contributed by atoms with Crippen molar-refractivity contribution in [2.75, 3.05) is 13.1 Å². The first-order valence-electron chi connectivity index (χ1n) is 11.2. The molecule has 3 heterocycles. The van der Waals surface area contributed by atoms with Gasteiger partial charge in [-0.1, -0.05) is 36.7 Å². The number of fused-ring (bicyclic) bond motifs is 1. The van der Waals surface area contributed by atoms with Gasteiger partial charge < -0.3 is 24.0 Å². The molecule has 2 aromatic heterocycles. The van der Waals surface area contributed by atoms with Crippen LogP contribution in [0.5, 0.6) is 11.8 Å². The Morgan fingerprint density at radius 1 is 1.21 bits per heavy atom. The van der Waals surface area contributed by atoms with Crippen molar-refractivity contribution >= 4 is 22.8 Å². The number of rotatable bonds is 8. The molecule has 0 unspecified atom stereocenters. The number of para-hydroxylation sites is 1. The normalized spacial score (nSPS) is 15.1. The fourth-order valence-corrected chi connectivity index (χ4v) is 3.78. The average Bonchev–Trinajstić information content (AvgIpc) is 3.27. The van der Waals surface area contributed by atoms with Crippen LogP contribution in [-0.2, 0) is 6.42 Å². The number of piperidine rings is 1. The molecule has 1 saturated heterocycles. The van der Waals surface area contributed by atoms with Crippen LogP contribution >= 0.6 is 0 Å². The van der Waals surface area contributed by atoms with Crippen LogP contribution in [0.2, 0.25) is 0 Å². The molecule has 4 rings (SSSR count). The Morgan fingerprint density at radius 3 is 2.67 bits per heavy atom. The molecular weight excluding hydrogens is 424 g/mol. The number of furan rings is 1. The van der Waals surface area contributed by atoms with Crippen LogP contribution in [0.1, 0.15) is 50.9 Å². The number of unbranched alkanes of at least 4 members (excludes halogenated alkanes) is 1. The fourth-order valence-electron chi connectivity index (χ4n) is 3.78. The molecule has 1 N–H and O–H groups in total. The summed E-state index contributed by atoms with van der Waals surface area (Å²) in [5.74, 6) is 1.26. The van der Waals surface area contributed by atoms with Crippen LogP contribution in [0.25, 0.3) is 11.0 Å². The van der Waals surface area contributed by atoms with Crippen LogP contribution < -0.4 is 9.57 Å². The summed E-state index contributed by atoms with van der Waals surface area (Å²) in [6, 6.07) is 11.4. The predicted molar refractivity (Wildman–Crippen MR) is 123 cm³/mol. The van der Waals surface area contributed by atoms with Crippen molar-refractivity contribution < 1.29 is 23.9 Å². The second kappa shape index (κ2) is 10.3. The minimum Gasteiger partial charge on any atom is -0.473 e. The Morgan fingerprint density at radius 2 is 1.97 bits per heavy atom. The summed E-state index contributed by atoms with van der Waals surface area (Å²) in [4.78, 5) is 17.8. The lowest BCUT2D eigenvalue weighted by molar-refractivity contribution is 0.0863. The number of likely N-dealkylation sites (tertiary alicyclic amines) is 1. The second-order valence-corrected chi connectivity index (χ2v) is 8.11. The maximum absolute atomic E-state index is 11.0. The molecule has 1 aromatic carbocycles. The number of hydrogen-bond acceptors (Lipinski definition) is 7. The quantitative estimate of drug-likeness (QED) is 0.383. The van der Waals surface area contributed by atoms with E-state index in [1.165, 1.54) is 10.5 Å². The number of benzene rings is 1. The van der Waals surface area contributed by atoms with Gasteiger partial charge in [-0.05, 0) is 31.4 Å². The Kier molecular flexibility index (Phi) is 7.07. The van der Waals surface area contributed by atoms with Gasteiger partial charge in [0.05, 0.1) is 0 Å². The average molecular weight is 453 g/mol. The number of amides is 1. The molecule has 33 heavy (non-hydrogen) atoms. The number of aryl methyl sites for hydroxylation is 1. The van der Waals surface area contributed by atoms with E-state index in [9.17, 15) is 4.79 Å². The van der Waals surface area contributed by atoms with Crippen LogP contribution in [0.15, 0.2) is 46.0 Å². The number of carbonyl (C=O) groups is 1. The molecule has 1 aliphatic heterocycles. The van der Waals surface area contributed by atoms with Gasteiger partial charge in [-0.15, -0.1) is 10.2 Å². The Hall–Kier alpha value is -3.62. The number of hydrogen-bond donors (Lipinski definition) is 1. The summed E-state index contributed by atoms with van der Waals surface area (Å²) in [6.45, 7) is 4.89. The minimum absolute atomic E-state index is 0.0859. The SMILES string of the molecule is CCCCc1cccc2cc(/C(C)=N/Oc3ccc(OC4CCN(C(=O)O)CC4)nn3)oc12. The first kappa shape index (κ1) is 22.6. The van der Waals surface area contributed by atoms with Gasteiger partial charge in [0.15, 0.2) is 5.76 Å². The number of aromatic nitrogens is 2. The zero-order valence-electron chi connectivity index (χ0n) is 18.9. The number of nitrogens with zero attached hydrogens (tertiary/aromatic N) is 4. The lowest BCUT2D eigenvalue weighted by Gasteiger charge is -2.29. The van der Waals surface area contributed by atoms with Crippen molar-refractivity contribution in [2.45, 2.75) is 52.1 Å². The van der Waals surface area contributed by atoms with E-state index < -0.39 is 6.09 Å². The topological polar surface area (TPSA) is 110 Å². The highest BCUT2D eigenvalue weighted by molar-refractivity contribution is 5.99. The molecule has 9 nitrogen and oxygen atoms in total. The fraction of sp³-hybridized carbons (Fsp3) is 0.417. The number of ether oxygens (including phenoxy) is 1. The summed E-state index contributed by atoms with van der Waals surface area (Å²) in [5.41, 5.74) is 2.69. The van der Waals surface area contributed by atoms with E-state index in [0.29, 0.717) is 43.3 Å². The van der Waals surface area contributed by atoms with Gasteiger partial charge in [0.2, 0.25) is 5.88 Å². The van der Waals surface area contributed by atoms with E-state index in [1.54, 1.807) is 12.1 Å². The predicted octanol–water partition coefficient (Wildman–Crippen LogP) is 4.89. The van der Waals surface area contributed by atoms with Crippen LogP contribution in [0.4, 0.5) is 4.79 Å². The van der Waals surface area contributed by atoms with Crippen molar-refractivity contribution in [3.8, 4) is 11.8 Å². The van der Waals surface area contributed by atoms with Crippen LogP contribution in [0, 0.1) is 0 Å². The van der Waals surface area contributed by atoms with Gasteiger partial charge in [-0.2, -0.15) is 0 Å². The first-order chi connectivity index (χ1) is 16.0. The van der Waals surface area contributed by atoms with Gasteiger partial charge >= 0.3 is 6.09 Å². The second-order valence-electron chi connectivity index (χ2n) is 8.11. The van der Waals surface area contributed by atoms with Gasteiger partial charge in [0.1, 0.15) is 17.4 Å². The first-order valence-corrected chi connectivity index (χ1v) is 11.2. The highest BCUT2D eigenvalue weighted by Gasteiger charge is 2.23. The monoisotopic (exact) mass is 452 g/mol. The Labute approximate surface area is 192 Å². The standard InChI is InChI=1S/C24H28N4O5/c1-3-4-6-17-7-5-8-18-15-20(32-23(17)18)16(2)27-33-22-10-9-21(25-26-22)31-19-11-13-28(14-12-19)24(29)30/h5,7-10,15,19H,3-4,6,11-14H2,1-2H3,(H,29,30)/b27-16+. The zero-order chi connectivity index (χ0) is 23.2. The molecule has 3 aromatic rings. The van der Waals surface area contributed by atoms with Crippen molar-refractivity contribution in [1.29, 1.82) is 0 Å². The summed E-state index contributed by atoms with van der Waals surface area (Å²) >= 11 is 0. The van der Waals surface area contributed by atoms with Gasteiger partial charge in [0.25, 0.3) is 5.88 Å². The third-order valence-corrected chi connectivity index (χ3v) is 5.67. The maximum Gasteiger partial charge on any atom is 0.407 e. The van der Waals surface area contributed by atoms with Gasteiger partial charge in [0, 0.05) is 43.5 Å². The highest BCUT2D eigenvalue weighted by Crippen LogP contribution is 2.25. The minimum atomic E-state index is -0.898. The Bertz CT molecular complexity index is 1120. The molecule has 0 aliphatic carbocycles. The number of oxime groups is 1. The van der Waals surface area contributed by atoms with Crippen LogP contribution in [0.3, 0.4) is 0 Å². The molecule has 1 amide bonds. The maximum atomic E-state index is 11.0. The van der Waals surface area contributed by atoms with Gasteiger partial charge in [-0.3, -0.25) is 0 Å². The van der Waals surface area contributed by atoms with E-state index in [0.717, 1.165) is 30.2 Å². The van der Waals surface area contributed by atoms with Crippen molar-refractivity contribution in [3.05, 3.63) is 47.7 Å². The Balaban J connectivity index is 1.35. The third kappa shape index (κ3) is 5.60. The lowest BCUT2D eigenvalue weighted by Crippen LogP contribution is -2.41. The molecule has 1 aliphatic rings. The zero-order valence-corrected chi connectivity index (χ0v) is 18.9. The van der Waals surface area contributed by atoms with Crippen molar-refractivity contribution in [2.24, 2.45) is 5.16 Å². The molecule has 0 bridgehead atoms. The van der Waals surface area contributed by atoms with E-state index in [2.05, 4.69) is 28.3 Å². The lowest BCUT2D eigenvalue weighted by atomic mass is 10.1. The van der Waals surface area contributed by atoms with Gasteiger partial charge in [-0.25, -0.2) is 4.79 Å². The molecule has 0 saturated carbocycles. The van der Waals surface area contributed by atoms with E-state index in [1.807, 2.05) is 25.1 Å². The van der Waals surface area contributed by atoms with E-state index in [-0.39, 0.29) is 12.0 Å². The summed E-state index contributed by atoms with van der Waals surface area (Å²) in [5, 5.41) is 22.2. The highest BCUT2D eigenvalue weighted by atomic mass is 16.6. The molecule has 0 radical (unpaired) electrons. The summed E-state index contributed by atoms with van der Waals surface area (Å²) in [6.07, 6.45) is 3.48. The van der Waals surface area contributed by atoms with E-state index >= 15 is 0 Å².